The molecule has 2 aliphatic heterocycles. The molecule has 0 aromatic carbocycles. The van der Waals surface area contributed by atoms with Crippen molar-refractivity contribution >= 4 is 59.9 Å². The quantitative estimate of drug-likeness (QED) is 0.0801. The van der Waals surface area contributed by atoms with Crippen molar-refractivity contribution < 1.29 is 43.5 Å². The number of rotatable bonds is 18. The van der Waals surface area contributed by atoms with Crippen molar-refractivity contribution in [3.63, 3.8) is 0 Å². The van der Waals surface area contributed by atoms with Gasteiger partial charge in [-0.05, 0) is 57.3 Å². The zero-order valence-corrected chi connectivity index (χ0v) is 33.0. The second kappa shape index (κ2) is 20.5. The normalized spacial score (nSPS) is 21.1. The van der Waals surface area contributed by atoms with E-state index in [9.17, 15) is 43.5 Å². The first-order valence-corrected chi connectivity index (χ1v) is 19.1. The Labute approximate surface area is 317 Å². The van der Waals surface area contributed by atoms with Gasteiger partial charge in [-0.3, -0.25) is 33.6 Å². The van der Waals surface area contributed by atoms with Crippen molar-refractivity contribution in [2.24, 2.45) is 23.5 Å². The highest BCUT2D eigenvalue weighted by molar-refractivity contribution is 7.80. The SMILES string of the molecule is CC[C@H](C)[C@H](NC(=O)[C@@H]1CCCN1C(=O)[C@@H](NC(=O)[C@H](C)N)C(C)C)C(=O)N[C@@H](CS)C(=O)N[C@@H](C)C(=O)N[C@H](C(=O)N1CCC[C@H]1C(=O)O)C(C)C. The van der Waals surface area contributed by atoms with Gasteiger partial charge >= 0.3 is 5.97 Å². The van der Waals surface area contributed by atoms with Crippen LogP contribution in [0.1, 0.15) is 87.5 Å². The minimum Gasteiger partial charge on any atom is -0.480 e. The Kier molecular flexibility index (Phi) is 17.5. The number of hydrogen-bond acceptors (Lipinski definition) is 10. The van der Waals surface area contributed by atoms with Gasteiger partial charge in [-0.2, -0.15) is 12.6 Å². The molecule has 18 heteroatoms. The molecule has 0 aromatic rings. The van der Waals surface area contributed by atoms with Crippen LogP contribution >= 0.6 is 12.6 Å². The van der Waals surface area contributed by atoms with Crippen LogP contribution in [0.3, 0.4) is 0 Å². The molecule has 7 amide bonds. The summed E-state index contributed by atoms with van der Waals surface area (Å²) in [6.45, 7) is 14.0. The van der Waals surface area contributed by atoms with Gasteiger partial charge in [0.25, 0.3) is 0 Å². The van der Waals surface area contributed by atoms with Crippen LogP contribution in [0.2, 0.25) is 0 Å². The van der Waals surface area contributed by atoms with Gasteiger partial charge in [0, 0.05) is 18.8 Å². The molecule has 9 atom stereocenters. The molecule has 2 rings (SSSR count). The van der Waals surface area contributed by atoms with E-state index < -0.39 is 95.7 Å². The van der Waals surface area contributed by atoms with E-state index in [1.165, 1.54) is 23.6 Å². The number of nitrogens with two attached hydrogens (primary N) is 1. The molecule has 0 radical (unpaired) electrons. The Bertz CT molecular complexity index is 1360. The zero-order valence-electron chi connectivity index (χ0n) is 32.1. The molecule has 0 aliphatic carbocycles. The topological polar surface area (TPSA) is 249 Å². The third-order valence-electron chi connectivity index (χ3n) is 9.89. The van der Waals surface area contributed by atoms with E-state index in [2.05, 4.69) is 39.2 Å². The number of carbonyl (C=O) groups excluding carboxylic acids is 7. The Morgan fingerprint density at radius 2 is 1.17 bits per heavy atom. The molecule has 0 spiro atoms. The van der Waals surface area contributed by atoms with Crippen molar-refractivity contribution in [3.8, 4) is 0 Å². The van der Waals surface area contributed by atoms with Crippen LogP contribution in [-0.2, 0) is 38.4 Å². The summed E-state index contributed by atoms with van der Waals surface area (Å²) in [6.07, 6.45) is 2.22. The Morgan fingerprint density at radius 3 is 1.62 bits per heavy atom. The molecule has 2 aliphatic rings. The number of nitrogens with one attached hydrogen (secondary N) is 5. The van der Waals surface area contributed by atoms with Crippen LogP contribution in [0.5, 0.6) is 0 Å². The van der Waals surface area contributed by atoms with Crippen LogP contribution in [0, 0.1) is 17.8 Å². The van der Waals surface area contributed by atoms with Crippen molar-refractivity contribution in [2.75, 3.05) is 18.8 Å². The summed E-state index contributed by atoms with van der Waals surface area (Å²) < 4.78 is 0. The molecule has 0 unspecified atom stereocenters. The van der Waals surface area contributed by atoms with Crippen molar-refractivity contribution in [2.45, 2.75) is 136 Å². The summed E-state index contributed by atoms with van der Waals surface area (Å²) in [5.74, 6) is -6.38. The van der Waals surface area contributed by atoms with Crippen LogP contribution < -0.4 is 32.3 Å². The lowest BCUT2D eigenvalue weighted by Crippen LogP contribution is -2.61. The third kappa shape index (κ3) is 12.0. The summed E-state index contributed by atoms with van der Waals surface area (Å²) in [5.41, 5.74) is 5.69. The zero-order chi connectivity index (χ0) is 40.3. The number of carbonyl (C=O) groups is 8. The average Bonchev–Trinajstić information content (AvgIpc) is 3.80. The van der Waals surface area contributed by atoms with E-state index in [-0.39, 0.29) is 36.6 Å². The minimum atomic E-state index is -1.21. The van der Waals surface area contributed by atoms with Crippen molar-refractivity contribution in [1.82, 2.24) is 36.4 Å². The highest BCUT2D eigenvalue weighted by atomic mass is 32.1. The number of aliphatic carboxylic acids is 1. The lowest BCUT2D eigenvalue weighted by molar-refractivity contribution is -0.150. The standard InChI is InChI=1S/C35H60N8O9S/c1-9-19(6)27(41-31(47)23-12-10-14-42(23)33(49)25(17(2)3)39-28(44)20(7)36)32(48)38-22(16-53)30(46)37-21(8)29(45)40-26(18(4)5)34(50)43-15-11-13-24(43)35(51)52/h17-27,53H,9-16,36H2,1-8H3,(H,37,46)(H,38,48)(H,39,44)(H,40,45)(H,41,47)(H,51,52)/t19-,20-,21-,22-,23-,24-,25-,26-,27-/m0/s1. The van der Waals surface area contributed by atoms with Gasteiger partial charge in [-0.1, -0.05) is 48.0 Å². The first-order chi connectivity index (χ1) is 24.8. The summed E-state index contributed by atoms with van der Waals surface area (Å²) in [5, 5.41) is 22.8. The highest BCUT2D eigenvalue weighted by Crippen LogP contribution is 2.22. The van der Waals surface area contributed by atoms with Gasteiger partial charge in [-0.25, -0.2) is 4.79 Å². The molecule has 0 saturated carbocycles. The van der Waals surface area contributed by atoms with E-state index >= 15 is 0 Å². The smallest absolute Gasteiger partial charge is 0.326 e. The second-order valence-electron chi connectivity index (χ2n) is 14.8. The van der Waals surface area contributed by atoms with Crippen LogP contribution in [0.4, 0.5) is 0 Å². The predicted octanol–water partition coefficient (Wildman–Crippen LogP) is -0.868. The lowest BCUT2D eigenvalue weighted by Gasteiger charge is -2.32. The van der Waals surface area contributed by atoms with Gasteiger partial charge in [-0.15, -0.1) is 0 Å². The lowest BCUT2D eigenvalue weighted by atomic mass is 9.97. The van der Waals surface area contributed by atoms with Gasteiger partial charge in [0.2, 0.25) is 41.4 Å². The predicted molar refractivity (Wildman–Crippen MR) is 199 cm³/mol. The van der Waals surface area contributed by atoms with Gasteiger partial charge in [0.15, 0.2) is 0 Å². The molecule has 2 fully saturated rings. The minimum absolute atomic E-state index is 0.152. The number of carboxylic acid groups (broad SMARTS) is 1. The number of amides is 7. The molecule has 0 aromatic heterocycles. The number of hydrogen-bond donors (Lipinski definition) is 8. The second-order valence-corrected chi connectivity index (χ2v) is 15.2. The first kappa shape index (κ1) is 45.2. The Hall–Kier alpha value is -3.93. The number of nitrogens with zero attached hydrogens (tertiary/aromatic N) is 2. The molecule has 17 nitrogen and oxygen atoms in total. The van der Waals surface area contributed by atoms with E-state index in [4.69, 9.17) is 5.73 Å². The largest absolute Gasteiger partial charge is 0.480 e. The summed E-state index contributed by atoms with van der Waals surface area (Å²) in [6, 6.07) is -8.07. The summed E-state index contributed by atoms with van der Waals surface area (Å²) >= 11 is 4.23. The van der Waals surface area contributed by atoms with Crippen LogP contribution in [0.25, 0.3) is 0 Å². The number of likely N-dealkylation sites (tertiary alicyclic amines) is 2. The van der Waals surface area contributed by atoms with E-state index in [1.54, 1.807) is 34.6 Å². The fourth-order valence-electron chi connectivity index (χ4n) is 6.32. The third-order valence-corrected chi connectivity index (χ3v) is 10.3. The van der Waals surface area contributed by atoms with E-state index in [1.807, 2.05) is 6.92 Å². The Morgan fingerprint density at radius 1 is 0.679 bits per heavy atom. The monoisotopic (exact) mass is 768 g/mol. The molecule has 2 saturated heterocycles. The average molecular weight is 769 g/mol. The van der Waals surface area contributed by atoms with Gasteiger partial charge in [0.1, 0.15) is 42.3 Å². The van der Waals surface area contributed by atoms with Crippen molar-refractivity contribution in [3.05, 3.63) is 0 Å². The molecule has 2 heterocycles. The molecule has 0 bridgehead atoms. The first-order valence-electron chi connectivity index (χ1n) is 18.5. The highest BCUT2D eigenvalue weighted by Gasteiger charge is 2.42. The fourth-order valence-corrected chi connectivity index (χ4v) is 6.58. The number of thiol groups is 1. The van der Waals surface area contributed by atoms with Gasteiger partial charge in [0.05, 0.1) is 6.04 Å². The molecule has 8 N–H and O–H groups in total. The maximum atomic E-state index is 13.7. The molecular formula is C35H60N8O9S. The Balaban J connectivity index is 2.12. The van der Waals surface area contributed by atoms with Crippen LogP contribution in [-0.4, -0.2) is 129 Å². The van der Waals surface area contributed by atoms with E-state index in [0.29, 0.717) is 32.1 Å². The molecular weight excluding hydrogens is 708 g/mol. The molecule has 53 heavy (non-hydrogen) atoms. The number of carboxylic acids is 1. The van der Waals surface area contributed by atoms with Gasteiger partial charge < -0.3 is 47.2 Å². The van der Waals surface area contributed by atoms with Crippen LogP contribution in [0.15, 0.2) is 0 Å². The maximum Gasteiger partial charge on any atom is 0.326 e. The molecule has 300 valence electrons. The van der Waals surface area contributed by atoms with Crippen molar-refractivity contribution in [1.29, 1.82) is 0 Å². The van der Waals surface area contributed by atoms with E-state index in [0.717, 1.165) is 0 Å². The maximum absolute atomic E-state index is 13.7. The summed E-state index contributed by atoms with van der Waals surface area (Å²) in [4.78, 5) is 107. The summed E-state index contributed by atoms with van der Waals surface area (Å²) in [7, 11) is 0. The fraction of sp³-hybridized carbons (Fsp3) is 0.771.